The molecule has 0 bridgehead atoms. The molecule has 0 unspecified atom stereocenters. The lowest BCUT2D eigenvalue weighted by Crippen LogP contribution is -2.11. The topological polar surface area (TPSA) is 29.3 Å². The number of nitrogens with zero attached hydrogens (tertiary/aromatic N) is 2. The van der Waals surface area contributed by atoms with E-state index in [0.717, 1.165) is 44.6 Å². The summed E-state index contributed by atoms with van der Waals surface area (Å²) in [5.41, 5.74) is 7.01. The van der Waals surface area contributed by atoms with E-state index in [1.54, 1.807) is 0 Å². The highest BCUT2D eigenvalue weighted by Gasteiger charge is 2.17. The Morgan fingerprint density at radius 2 is 1.15 bits per heavy atom. The summed E-state index contributed by atoms with van der Waals surface area (Å²) in [7, 11) is 0. The molecule has 0 aliphatic carbocycles. The summed E-state index contributed by atoms with van der Waals surface area (Å²) in [5, 5.41) is 5.85. The molecule has 0 saturated heterocycles. The Morgan fingerprint density at radius 1 is 0.475 bits per heavy atom. The number of furan rings is 1. The molecule has 0 saturated carbocycles. The minimum Gasteiger partial charge on any atom is -0.454 e. The number of aromatic nitrogens is 1. The molecule has 0 radical (unpaired) electrons. The van der Waals surface area contributed by atoms with Crippen LogP contribution in [0.25, 0.3) is 54.7 Å². The largest absolute Gasteiger partial charge is 0.454 e. The molecule has 8 aromatic rings. The first-order chi connectivity index (χ1) is 19.8. The van der Waals surface area contributed by atoms with Crippen LogP contribution in [0.5, 0.6) is 0 Å². The van der Waals surface area contributed by atoms with Crippen molar-refractivity contribution in [3.8, 4) is 11.1 Å². The van der Waals surface area contributed by atoms with Gasteiger partial charge in [0.2, 0.25) is 0 Å². The molecule has 40 heavy (non-hydrogen) atoms. The normalized spacial score (nSPS) is 11.5. The maximum absolute atomic E-state index is 6.23. The molecule has 2 aromatic heterocycles. The van der Waals surface area contributed by atoms with E-state index in [0.29, 0.717) is 0 Å². The molecule has 0 spiro atoms. The highest BCUT2D eigenvalue weighted by Crippen LogP contribution is 2.38. The zero-order valence-electron chi connectivity index (χ0n) is 21.7. The highest BCUT2D eigenvalue weighted by atomic mass is 16.3. The van der Waals surface area contributed by atoms with Crippen LogP contribution in [-0.2, 0) is 0 Å². The van der Waals surface area contributed by atoms with Gasteiger partial charge in [0.25, 0.3) is 0 Å². The summed E-state index contributed by atoms with van der Waals surface area (Å²) < 4.78 is 6.23. The van der Waals surface area contributed by atoms with Crippen LogP contribution in [0.4, 0.5) is 17.2 Å². The van der Waals surface area contributed by atoms with Gasteiger partial charge in [-0.05, 0) is 81.2 Å². The Labute approximate surface area is 231 Å². The molecule has 3 nitrogen and oxygen atoms in total. The van der Waals surface area contributed by atoms with Crippen molar-refractivity contribution in [3.63, 3.8) is 0 Å². The number of hydrogen-bond acceptors (Lipinski definition) is 3. The number of para-hydroxylation sites is 1. The van der Waals surface area contributed by atoms with Gasteiger partial charge < -0.3 is 4.42 Å². The minimum atomic E-state index is 0.786. The van der Waals surface area contributed by atoms with Crippen molar-refractivity contribution < 1.29 is 4.42 Å². The van der Waals surface area contributed by atoms with E-state index in [1.165, 1.54) is 27.3 Å². The summed E-state index contributed by atoms with van der Waals surface area (Å²) in [6.45, 7) is 0. The zero-order chi connectivity index (χ0) is 26.5. The fraction of sp³-hybridized carbons (Fsp3) is 0. The van der Waals surface area contributed by atoms with E-state index in [-0.39, 0.29) is 0 Å². The Morgan fingerprint density at radius 3 is 1.98 bits per heavy atom. The van der Waals surface area contributed by atoms with E-state index in [4.69, 9.17) is 9.40 Å². The van der Waals surface area contributed by atoms with Gasteiger partial charge >= 0.3 is 0 Å². The predicted molar refractivity (Wildman–Crippen MR) is 167 cm³/mol. The molecular weight excluding hydrogens is 488 g/mol. The van der Waals surface area contributed by atoms with Crippen molar-refractivity contribution in [2.45, 2.75) is 0 Å². The fourth-order valence-corrected chi connectivity index (χ4v) is 5.70. The molecule has 8 rings (SSSR count). The van der Waals surface area contributed by atoms with E-state index in [9.17, 15) is 0 Å². The standard InChI is InChI=1S/C37H24N2O/c1-2-13-29(14-3-1)39(30-19-17-26(18-20-30)32-16-8-12-25-9-6-7-15-31(25)32)36-22-21-34-37(38-36)33-23-27-10-4-5-11-28(27)24-35(33)40-34/h1-24H. The molecule has 0 atom stereocenters. The van der Waals surface area contributed by atoms with Crippen LogP contribution in [0.15, 0.2) is 150 Å². The highest BCUT2D eigenvalue weighted by molar-refractivity contribution is 6.08. The third-order valence-electron chi connectivity index (χ3n) is 7.64. The summed E-state index contributed by atoms with van der Waals surface area (Å²) in [5.74, 6) is 0.840. The lowest BCUT2D eigenvalue weighted by molar-refractivity contribution is 0.668. The maximum atomic E-state index is 6.23. The first kappa shape index (κ1) is 22.6. The van der Waals surface area contributed by atoms with Crippen LogP contribution in [0, 0.1) is 0 Å². The Bertz CT molecular complexity index is 2160. The summed E-state index contributed by atoms with van der Waals surface area (Å²) >= 11 is 0. The van der Waals surface area contributed by atoms with Crippen LogP contribution in [-0.4, -0.2) is 4.98 Å². The van der Waals surface area contributed by atoms with Gasteiger partial charge in [0.15, 0.2) is 5.58 Å². The van der Waals surface area contributed by atoms with Crippen LogP contribution in [0.3, 0.4) is 0 Å². The third-order valence-corrected chi connectivity index (χ3v) is 7.64. The van der Waals surface area contributed by atoms with Crippen molar-refractivity contribution in [2.75, 3.05) is 4.90 Å². The Kier molecular flexibility index (Phi) is 5.14. The molecule has 0 amide bonds. The number of benzene rings is 6. The van der Waals surface area contributed by atoms with Crippen molar-refractivity contribution in [3.05, 3.63) is 146 Å². The van der Waals surface area contributed by atoms with Crippen LogP contribution < -0.4 is 4.90 Å². The lowest BCUT2D eigenvalue weighted by Gasteiger charge is -2.24. The second-order valence-corrected chi connectivity index (χ2v) is 10.1. The molecule has 0 N–H and O–H groups in total. The van der Waals surface area contributed by atoms with E-state index < -0.39 is 0 Å². The SMILES string of the molecule is c1ccc(N(c2ccc(-c3cccc4ccccc34)cc2)c2ccc3oc4cc5ccccc5cc4c3n2)cc1. The summed E-state index contributed by atoms with van der Waals surface area (Å²) in [4.78, 5) is 7.38. The molecule has 3 heteroatoms. The lowest BCUT2D eigenvalue weighted by atomic mass is 9.98. The van der Waals surface area contributed by atoms with E-state index >= 15 is 0 Å². The van der Waals surface area contributed by atoms with Gasteiger partial charge in [0, 0.05) is 16.8 Å². The molecule has 188 valence electrons. The molecule has 0 aliphatic heterocycles. The number of anilines is 3. The van der Waals surface area contributed by atoms with E-state index in [1.807, 2.05) is 18.2 Å². The van der Waals surface area contributed by atoms with Crippen molar-refractivity contribution in [1.29, 1.82) is 0 Å². The van der Waals surface area contributed by atoms with Crippen molar-refractivity contribution in [2.24, 2.45) is 0 Å². The molecular formula is C37H24N2O. The predicted octanol–water partition coefficient (Wildman–Crippen LogP) is 10.4. The number of rotatable bonds is 4. The number of pyridine rings is 1. The molecule has 0 aliphatic rings. The van der Waals surface area contributed by atoms with Gasteiger partial charge in [0.1, 0.15) is 16.9 Å². The first-order valence-corrected chi connectivity index (χ1v) is 13.5. The average molecular weight is 513 g/mol. The van der Waals surface area contributed by atoms with Gasteiger partial charge in [-0.3, -0.25) is 4.90 Å². The minimum absolute atomic E-state index is 0.786. The smallest absolute Gasteiger partial charge is 0.154 e. The summed E-state index contributed by atoms with van der Waals surface area (Å²) in [6.07, 6.45) is 0. The first-order valence-electron chi connectivity index (χ1n) is 13.5. The van der Waals surface area contributed by atoms with Gasteiger partial charge in [-0.2, -0.15) is 0 Å². The van der Waals surface area contributed by atoms with E-state index in [2.05, 4.69) is 132 Å². The Hall–Kier alpha value is -5.41. The van der Waals surface area contributed by atoms with Crippen molar-refractivity contribution >= 4 is 60.8 Å². The van der Waals surface area contributed by atoms with Gasteiger partial charge in [0.05, 0.1) is 0 Å². The van der Waals surface area contributed by atoms with Crippen LogP contribution in [0.2, 0.25) is 0 Å². The maximum Gasteiger partial charge on any atom is 0.154 e. The zero-order valence-corrected chi connectivity index (χ0v) is 21.7. The van der Waals surface area contributed by atoms with Crippen LogP contribution in [0.1, 0.15) is 0 Å². The van der Waals surface area contributed by atoms with Crippen molar-refractivity contribution in [1.82, 2.24) is 4.98 Å². The number of hydrogen-bond donors (Lipinski definition) is 0. The quantitative estimate of drug-likeness (QED) is 0.235. The second-order valence-electron chi connectivity index (χ2n) is 10.1. The Balaban J connectivity index is 1.27. The average Bonchev–Trinajstić information content (AvgIpc) is 3.37. The van der Waals surface area contributed by atoms with Gasteiger partial charge in [-0.15, -0.1) is 0 Å². The number of fused-ring (bicyclic) bond motifs is 5. The molecule has 0 fully saturated rings. The summed E-state index contributed by atoms with van der Waals surface area (Å²) in [6, 6.07) is 50.9. The fourth-order valence-electron chi connectivity index (χ4n) is 5.70. The van der Waals surface area contributed by atoms with Crippen LogP contribution >= 0.6 is 0 Å². The molecule has 6 aromatic carbocycles. The van der Waals surface area contributed by atoms with Gasteiger partial charge in [-0.1, -0.05) is 97.1 Å². The van der Waals surface area contributed by atoms with Gasteiger partial charge in [-0.25, -0.2) is 4.98 Å². The third kappa shape index (κ3) is 3.71. The molecule has 2 heterocycles. The second kappa shape index (κ2) is 9.11. The monoisotopic (exact) mass is 512 g/mol.